The van der Waals surface area contributed by atoms with Crippen LogP contribution < -0.4 is 19.7 Å². The van der Waals surface area contributed by atoms with Gasteiger partial charge in [0, 0.05) is 48.8 Å². The number of aryl methyl sites for hydroxylation is 1. The highest BCUT2D eigenvalue weighted by Crippen LogP contribution is 2.94. The summed E-state index contributed by atoms with van der Waals surface area (Å²) in [7, 11) is 0. The SMILES string of the molecule is Cc1ccc2nc1NCCC(C)C1CN(c3nc(-n4ccc(OCC(O)(O)C5C6(CC6)C56CC6)n4)ccc3C(=O)NS2)C(C)(C)C1. The van der Waals surface area contributed by atoms with E-state index in [4.69, 9.17) is 14.7 Å². The van der Waals surface area contributed by atoms with E-state index in [0.717, 1.165) is 63.0 Å². The molecule has 0 radical (unpaired) electrons. The number of aromatic nitrogens is 4. The van der Waals surface area contributed by atoms with E-state index >= 15 is 0 Å². The molecule has 12 heteroatoms. The van der Waals surface area contributed by atoms with Crippen LogP contribution in [-0.4, -0.2) is 66.9 Å². The average Bonchev–Trinajstić information content (AvgIpc) is 3.98. The molecule has 2 spiro atoms. The Balaban J connectivity index is 1.07. The summed E-state index contributed by atoms with van der Waals surface area (Å²) in [5.41, 5.74) is 1.62. The summed E-state index contributed by atoms with van der Waals surface area (Å²) in [5, 5.41) is 30.7. The number of carbonyl (C=O) groups excluding carboxylic acids is 1. The van der Waals surface area contributed by atoms with Crippen LogP contribution in [0, 0.1) is 35.5 Å². The minimum absolute atomic E-state index is 0.107. The molecule has 4 bridgehead atoms. The van der Waals surface area contributed by atoms with Crippen molar-refractivity contribution >= 4 is 29.5 Å². The van der Waals surface area contributed by atoms with Crippen LogP contribution in [0.25, 0.3) is 5.82 Å². The van der Waals surface area contributed by atoms with Crippen molar-refractivity contribution in [3.05, 3.63) is 47.7 Å². The molecule has 4 N–H and O–H groups in total. The molecule has 5 heterocycles. The van der Waals surface area contributed by atoms with Gasteiger partial charge in [-0.1, -0.05) is 13.0 Å². The van der Waals surface area contributed by atoms with E-state index in [2.05, 4.69) is 40.8 Å². The molecule has 3 aromatic heterocycles. The van der Waals surface area contributed by atoms with Gasteiger partial charge in [-0.3, -0.25) is 9.52 Å². The van der Waals surface area contributed by atoms with Gasteiger partial charge in [0.25, 0.3) is 5.91 Å². The molecule has 11 nitrogen and oxygen atoms in total. The summed E-state index contributed by atoms with van der Waals surface area (Å²) < 4.78 is 10.4. The third-order valence-corrected chi connectivity index (χ3v) is 12.3. The quantitative estimate of drug-likeness (QED) is 0.228. The van der Waals surface area contributed by atoms with Crippen LogP contribution in [0.15, 0.2) is 41.6 Å². The number of rotatable bonds is 5. The molecule has 5 aliphatic rings. The summed E-state index contributed by atoms with van der Waals surface area (Å²) in [6, 6.07) is 9.23. The second kappa shape index (κ2) is 10.3. The number of aliphatic hydroxyl groups is 2. The Morgan fingerprint density at radius 3 is 2.59 bits per heavy atom. The first-order valence-corrected chi connectivity index (χ1v) is 17.4. The fourth-order valence-electron chi connectivity index (χ4n) is 8.80. The number of hydrogen-bond donors (Lipinski definition) is 4. The summed E-state index contributed by atoms with van der Waals surface area (Å²) in [4.78, 5) is 25.8. The fourth-order valence-corrected chi connectivity index (χ4v) is 9.38. The summed E-state index contributed by atoms with van der Waals surface area (Å²) >= 11 is 1.20. The molecular weight excluding hydrogens is 602 g/mol. The molecule has 0 aromatic carbocycles. The van der Waals surface area contributed by atoms with Gasteiger partial charge in [-0.15, -0.1) is 5.10 Å². The Morgan fingerprint density at radius 2 is 1.85 bits per heavy atom. The molecule has 1 amide bonds. The highest BCUT2D eigenvalue weighted by Gasteiger charge is 2.90. The number of fused-ring (bicyclic) bond motifs is 7. The second-order valence-corrected chi connectivity index (χ2v) is 15.8. The topological polar surface area (TPSA) is 138 Å². The third kappa shape index (κ3) is 4.86. The number of ether oxygens (including phenoxy) is 1. The van der Waals surface area contributed by atoms with Crippen molar-refractivity contribution in [1.82, 2.24) is 24.5 Å². The van der Waals surface area contributed by atoms with Crippen LogP contribution >= 0.6 is 11.9 Å². The number of pyridine rings is 2. The maximum atomic E-state index is 13.7. The molecule has 2 atom stereocenters. The van der Waals surface area contributed by atoms with Gasteiger partial charge < -0.3 is 25.2 Å². The normalized spacial score (nSPS) is 25.7. The minimum Gasteiger partial charge on any atom is -0.471 e. The van der Waals surface area contributed by atoms with Gasteiger partial charge in [0.1, 0.15) is 23.3 Å². The van der Waals surface area contributed by atoms with Gasteiger partial charge in [-0.05, 0) is 106 Å². The Hall–Kier alpha value is -3.35. The average molecular weight is 646 g/mol. The molecule has 4 fully saturated rings. The Kier molecular flexibility index (Phi) is 6.74. The molecule has 2 unspecified atom stereocenters. The molecule has 2 aliphatic heterocycles. The van der Waals surface area contributed by atoms with Crippen molar-refractivity contribution in [2.45, 2.75) is 82.6 Å². The van der Waals surface area contributed by atoms with Crippen molar-refractivity contribution in [2.75, 3.05) is 29.9 Å². The van der Waals surface area contributed by atoms with Gasteiger partial charge in [0.15, 0.2) is 5.82 Å². The summed E-state index contributed by atoms with van der Waals surface area (Å²) in [6.07, 6.45) is 8.09. The zero-order valence-electron chi connectivity index (χ0n) is 26.9. The van der Waals surface area contributed by atoms with Crippen molar-refractivity contribution in [3.8, 4) is 11.7 Å². The van der Waals surface area contributed by atoms with Crippen LogP contribution in [0.4, 0.5) is 11.6 Å². The third-order valence-electron chi connectivity index (χ3n) is 11.6. The number of amides is 1. The van der Waals surface area contributed by atoms with Crippen molar-refractivity contribution in [3.63, 3.8) is 0 Å². The van der Waals surface area contributed by atoms with Gasteiger partial charge >= 0.3 is 0 Å². The molecule has 1 saturated heterocycles. The predicted octanol–water partition coefficient (Wildman–Crippen LogP) is 4.71. The Morgan fingerprint density at radius 1 is 1.09 bits per heavy atom. The van der Waals surface area contributed by atoms with Crippen LogP contribution in [0.3, 0.4) is 0 Å². The standard InChI is InChI=1S/C34H43N7O4S/c1-20-9-15-35-27-21(2)5-8-26(37-27)46-39-29(42)23-6-7-24(36-28(23)40-18-22(20)17-31(40,3)4)41-16-10-25(38-41)45-19-34(43,44)30-32(11-12-32)33(30)13-14-33/h5-8,10,16,20,22,30,43-44H,9,11-15,17-19H2,1-4H3,(H,35,37)(H,39,42). The van der Waals surface area contributed by atoms with Crippen LogP contribution in [-0.2, 0) is 0 Å². The van der Waals surface area contributed by atoms with Gasteiger partial charge in [0.2, 0.25) is 11.7 Å². The summed E-state index contributed by atoms with van der Waals surface area (Å²) in [6.45, 7) is 10.2. The first-order chi connectivity index (χ1) is 21.9. The van der Waals surface area contributed by atoms with E-state index in [1.807, 2.05) is 19.1 Å². The number of nitrogens with zero attached hydrogens (tertiary/aromatic N) is 5. The fraction of sp³-hybridized carbons (Fsp3) is 0.588. The second-order valence-electron chi connectivity index (χ2n) is 15.0. The zero-order valence-corrected chi connectivity index (χ0v) is 27.7. The van der Waals surface area contributed by atoms with Crippen LogP contribution in [0.1, 0.15) is 75.2 Å². The molecule has 244 valence electrons. The van der Waals surface area contributed by atoms with Gasteiger partial charge in [-0.25, -0.2) is 14.6 Å². The van der Waals surface area contributed by atoms with E-state index in [9.17, 15) is 15.0 Å². The first-order valence-electron chi connectivity index (χ1n) is 16.5. The maximum absolute atomic E-state index is 13.7. The smallest absolute Gasteiger partial charge is 0.265 e. The van der Waals surface area contributed by atoms with E-state index < -0.39 is 5.79 Å². The monoisotopic (exact) mass is 645 g/mol. The molecule has 3 aliphatic carbocycles. The van der Waals surface area contributed by atoms with Crippen molar-refractivity contribution < 1.29 is 19.7 Å². The van der Waals surface area contributed by atoms with E-state index in [-0.39, 0.29) is 34.8 Å². The van der Waals surface area contributed by atoms with Gasteiger partial charge in [-0.2, -0.15) is 0 Å². The van der Waals surface area contributed by atoms with Crippen molar-refractivity contribution in [2.24, 2.45) is 28.6 Å². The zero-order chi connectivity index (χ0) is 32.1. The first kappa shape index (κ1) is 30.0. The minimum atomic E-state index is -1.87. The highest BCUT2D eigenvalue weighted by molar-refractivity contribution is 7.97. The Labute approximate surface area is 273 Å². The molecule has 46 heavy (non-hydrogen) atoms. The molecular formula is C34H43N7O4S. The lowest BCUT2D eigenvalue weighted by Crippen LogP contribution is -2.40. The van der Waals surface area contributed by atoms with E-state index in [0.29, 0.717) is 39.9 Å². The molecule has 8 rings (SSSR count). The largest absolute Gasteiger partial charge is 0.471 e. The van der Waals surface area contributed by atoms with Gasteiger partial charge in [0.05, 0.1) is 5.56 Å². The number of nitrogens with one attached hydrogen (secondary N) is 2. The Bertz CT molecular complexity index is 1680. The highest BCUT2D eigenvalue weighted by atomic mass is 32.2. The summed E-state index contributed by atoms with van der Waals surface area (Å²) in [5.74, 6) is 0.965. The lowest BCUT2D eigenvalue weighted by molar-refractivity contribution is -0.203. The lowest BCUT2D eigenvalue weighted by Gasteiger charge is -2.34. The number of anilines is 2. The number of hydrogen-bond acceptors (Lipinski definition) is 10. The van der Waals surface area contributed by atoms with E-state index in [1.54, 1.807) is 29.1 Å². The van der Waals surface area contributed by atoms with E-state index in [1.165, 1.54) is 11.9 Å². The predicted molar refractivity (Wildman–Crippen MR) is 175 cm³/mol. The molecule has 3 aromatic rings. The van der Waals surface area contributed by atoms with Crippen LogP contribution in [0.5, 0.6) is 5.88 Å². The maximum Gasteiger partial charge on any atom is 0.265 e. The molecule has 3 saturated carbocycles. The van der Waals surface area contributed by atoms with Crippen LogP contribution in [0.2, 0.25) is 0 Å². The number of carbonyl (C=O) groups is 1. The van der Waals surface area contributed by atoms with Crippen molar-refractivity contribution in [1.29, 1.82) is 0 Å². The lowest BCUT2D eigenvalue weighted by atomic mass is 9.86.